The molecule has 0 bridgehead atoms. The average molecular weight is 519 g/mol. The Hall–Kier alpha value is -5.01. The van der Waals surface area contributed by atoms with E-state index >= 15 is 0 Å². The highest BCUT2D eigenvalue weighted by molar-refractivity contribution is 5.96. The largest absolute Gasteiger partial charge is 0.382 e. The molecule has 1 aliphatic heterocycles. The van der Waals surface area contributed by atoms with Gasteiger partial charge in [0.2, 0.25) is 0 Å². The Kier molecular flexibility index (Phi) is 6.26. The maximum absolute atomic E-state index is 12.9. The summed E-state index contributed by atoms with van der Waals surface area (Å²) < 4.78 is 7.48. The molecule has 0 radical (unpaired) electrons. The minimum absolute atomic E-state index is 0.189. The van der Waals surface area contributed by atoms with Crippen molar-refractivity contribution >= 4 is 39.4 Å². The van der Waals surface area contributed by atoms with Crippen LogP contribution in [0.2, 0.25) is 0 Å². The first-order valence-corrected chi connectivity index (χ1v) is 12.6. The van der Waals surface area contributed by atoms with Gasteiger partial charge in [-0.05, 0) is 72.0 Å². The van der Waals surface area contributed by atoms with Crippen molar-refractivity contribution in [2.24, 2.45) is 0 Å². The number of nitrogens with one attached hydrogen (secondary N) is 2. The summed E-state index contributed by atoms with van der Waals surface area (Å²) in [6.07, 6.45) is 6.15. The third kappa shape index (κ3) is 4.71. The standard InChI is InChI=1S/C29H26N8O2/c1-17-8-18(12-30)2-3-24(17)29(38)32-13-23-11-21-9-20(19-4-6-39-7-5-19)10-22(25(21)36-23)14-37-16-35-26-27(31)33-15-34-28(26)37/h2-4,8-11,15-16,36H,5-7,13-14H2,1H3,(H,32,38)(H2,31,33,34). The Bertz CT molecular complexity index is 1810. The monoisotopic (exact) mass is 518 g/mol. The van der Waals surface area contributed by atoms with Crippen molar-refractivity contribution in [2.45, 2.75) is 26.4 Å². The summed E-state index contributed by atoms with van der Waals surface area (Å²) in [6, 6.07) is 13.6. The summed E-state index contributed by atoms with van der Waals surface area (Å²) in [4.78, 5) is 29.3. The Morgan fingerprint density at radius 2 is 2.13 bits per heavy atom. The predicted molar refractivity (Wildman–Crippen MR) is 148 cm³/mol. The number of hydrogen-bond acceptors (Lipinski definition) is 7. The summed E-state index contributed by atoms with van der Waals surface area (Å²) >= 11 is 0. The van der Waals surface area contributed by atoms with E-state index in [0.717, 1.165) is 39.7 Å². The topological polar surface area (TPSA) is 148 Å². The number of hydrogen-bond donors (Lipinski definition) is 3. The van der Waals surface area contributed by atoms with Crippen LogP contribution in [-0.4, -0.2) is 43.6 Å². The van der Waals surface area contributed by atoms with E-state index in [4.69, 9.17) is 15.7 Å². The van der Waals surface area contributed by atoms with Gasteiger partial charge >= 0.3 is 0 Å². The minimum atomic E-state index is -0.189. The fourth-order valence-corrected chi connectivity index (χ4v) is 5.03. The van der Waals surface area contributed by atoms with Crippen LogP contribution in [0.1, 0.15) is 44.7 Å². The molecule has 4 heterocycles. The number of aryl methyl sites for hydroxylation is 1. The van der Waals surface area contributed by atoms with Gasteiger partial charge in [0.1, 0.15) is 11.8 Å². The van der Waals surface area contributed by atoms with Crippen LogP contribution in [0.25, 0.3) is 27.6 Å². The predicted octanol–water partition coefficient (Wildman–Crippen LogP) is 3.85. The van der Waals surface area contributed by atoms with E-state index in [1.54, 1.807) is 24.5 Å². The number of imidazole rings is 1. The molecule has 10 nitrogen and oxygen atoms in total. The van der Waals surface area contributed by atoms with Crippen molar-refractivity contribution in [3.05, 3.63) is 88.6 Å². The van der Waals surface area contributed by atoms with Crippen LogP contribution in [0.5, 0.6) is 0 Å². The van der Waals surface area contributed by atoms with Crippen LogP contribution in [0, 0.1) is 18.3 Å². The molecule has 0 saturated carbocycles. The maximum atomic E-state index is 12.9. The van der Waals surface area contributed by atoms with Gasteiger partial charge in [-0.25, -0.2) is 15.0 Å². The second-order valence-electron chi connectivity index (χ2n) is 9.58. The number of carbonyl (C=O) groups excluding carboxylic acids is 1. The quantitative estimate of drug-likeness (QED) is 0.309. The van der Waals surface area contributed by atoms with Crippen molar-refractivity contribution in [1.82, 2.24) is 29.8 Å². The molecule has 194 valence electrons. The fraction of sp³-hybridized carbons (Fsp3) is 0.207. The summed E-state index contributed by atoms with van der Waals surface area (Å²) in [6.45, 7) is 3.98. The minimum Gasteiger partial charge on any atom is -0.382 e. The summed E-state index contributed by atoms with van der Waals surface area (Å²) in [5, 5.41) is 13.2. The number of ether oxygens (including phenoxy) is 1. The Morgan fingerprint density at radius 1 is 1.23 bits per heavy atom. The number of benzene rings is 2. The number of nitrogens with two attached hydrogens (primary N) is 1. The number of fused-ring (bicyclic) bond motifs is 2. The molecule has 1 amide bonds. The maximum Gasteiger partial charge on any atom is 0.251 e. The number of H-pyrrole nitrogens is 1. The van der Waals surface area contributed by atoms with Gasteiger partial charge in [0.15, 0.2) is 11.5 Å². The molecular formula is C29H26N8O2. The molecular weight excluding hydrogens is 492 g/mol. The summed E-state index contributed by atoms with van der Waals surface area (Å²) in [5.41, 5.74) is 14.4. The molecule has 39 heavy (non-hydrogen) atoms. The Balaban J connectivity index is 1.33. The zero-order valence-electron chi connectivity index (χ0n) is 21.4. The van der Waals surface area contributed by atoms with Crippen LogP contribution in [-0.2, 0) is 17.8 Å². The van der Waals surface area contributed by atoms with Crippen LogP contribution >= 0.6 is 0 Å². The number of nitriles is 1. The molecule has 0 atom stereocenters. The van der Waals surface area contributed by atoms with E-state index in [9.17, 15) is 4.79 Å². The van der Waals surface area contributed by atoms with Crippen molar-refractivity contribution in [1.29, 1.82) is 5.26 Å². The first-order valence-electron chi connectivity index (χ1n) is 12.6. The third-order valence-corrected chi connectivity index (χ3v) is 7.01. The summed E-state index contributed by atoms with van der Waals surface area (Å²) in [5.74, 6) is 0.159. The molecule has 0 unspecified atom stereocenters. The zero-order chi connectivity index (χ0) is 26.9. The summed E-state index contributed by atoms with van der Waals surface area (Å²) in [7, 11) is 0. The van der Waals surface area contributed by atoms with E-state index in [2.05, 4.69) is 55.6 Å². The number of nitrogen functional groups attached to an aromatic ring is 1. The number of anilines is 1. The van der Waals surface area contributed by atoms with Gasteiger partial charge in [0.25, 0.3) is 5.91 Å². The molecule has 0 aliphatic carbocycles. The van der Waals surface area contributed by atoms with Gasteiger partial charge in [0, 0.05) is 16.6 Å². The number of amides is 1. The second kappa shape index (κ2) is 10.0. The van der Waals surface area contributed by atoms with Crippen molar-refractivity contribution < 1.29 is 9.53 Å². The number of aromatic amines is 1. The first kappa shape index (κ1) is 24.3. The van der Waals surface area contributed by atoms with Gasteiger partial charge in [0.05, 0.1) is 49.8 Å². The van der Waals surface area contributed by atoms with Crippen LogP contribution in [0.3, 0.4) is 0 Å². The molecule has 10 heteroatoms. The highest BCUT2D eigenvalue weighted by Crippen LogP contribution is 2.30. The van der Waals surface area contributed by atoms with Gasteiger partial charge in [-0.1, -0.05) is 6.08 Å². The van der Waals surface area contributed by atoms with E-state index in [1.807, 2.05) is 11.5 Å². The lowest BCUT2D eigenvalue weighted by Gasteiger charge is -2.15. The average Bonchev–Trinajstić information content (AvgIpc) is 3.57. The lowest BCUT2D eigenvalue weighted by molar-refractivity contribution is 0.0950. The van der Waals surface area contributed by atoms with Gasteiger partial charge in [-0.15, -0.1) is 0 Å². The van der Waals surface area contributed by atoms with E-state index in [1.165, 1.54) is 11.9 Å². The van der Waals surface area contributed by atoms with Gasteiger partial charge < -0.3 is 25.3 Å². The molecule has 1 aliphatic rings. The third-order valence-electron chi connectivity index (χ3n) is 7.01. The van der Waals surface area contributed by atoms with Crippen LogP contribution < -0.4 is 11.1 Å². The molecule has 3 aromatic heterocycles. The number of carbonyl (C=O) groups is 1. The molecule has 0 saturated heterocycles. The highest BCUT2D eigenvalue weighted by atomic mass is 16.5. The number of rotatable bonds is 6. The first-order chi connectivity index (χ1) is 19.0. The fourth-order valence-electron chi connectivity index (χ4n) is 5.03. The van der Waals surface area contributed by atoms with E-state index in [-0.39, 0.29) is 5.91 Å². The molecule has 6 rings (SSSR count). The highest BCUT2D eigenvalue weighted by Gasteiger charge is 2.16. The van der Waals surface area contributed by atoms with E-state index < -0.39 is 0 Å². The van der Waals surface area contributed by atoms with Gasteiger partial charge in [-0.2, -0.15) is 5.26 Å². The molecule has 2 aromatic carbocycles. The van der Waals surface area contributed by atoms with Gasteiger partial charge in [-0.3, -0.25) is 4.79 Å². The normalized spacial score (nSPS) is 13.4. The molecule has 0 spiro atoms. The lowest BCUT2D eigenvalue weighted by atomic mass is 9.97. The molecule has 4 N–H and O–H groups in total. The van der Waals surface area contributed by atoms with E-state index in [0.29, 0.717) is 54.4 Å². The van der Waals surface area contributed by atoms with Crippen molar-refractivity contribution in [3.8, 4) is 6.07 Å². The number of nitrogens with zero attached hydrogens (tertiary/aromatic N) is 5. The smallest absolute Gasteiger partial charge is 0.251 e. The van der Waals surface area contributed by atoms with Crippen LogP contribution in [0.15, 0.2) is 55.1 Å². The van der Waals surface area contributed by atoms with Crippen molar-refractivity contribution in [2.75, 3.05) is 18.9 Å². The second-order valence-corrected chi connectivity index (χ2v) is 9.58. The molecule has 5 aromatic rings. The Morgan fingerprint density at radius 3 is 2.92 bits per heavy atom. The van der Waals surface area contributed by atoms with Crippen LogP contribution in [0.4, 0.5) is 5.82 Å². The SMILES string of the molecule is Cc1cc(C#N)ccc1C(=O)NCc1cc2cc(C3=CCOCC3)cc(Cn3cnc4c(N)ncnc43)c2[nH]1. The lowest BCUT2D eigenvalue weighted by Crippen LogP contribution is -2.23. The molecule has 0 fully saturated rings. The van der Waals surface area contributed by atoms with Crippen molar-refractivity contribution in [3.63, 3.8) is 0 Å². The number of aromatic nitrogens is 5. The Labute approximate surface area is 224 Å². The zero-order valence-corrected chi connectivity index (χ0v) is 21.4.